The average Bonchev–Trinajstić information content (AvgIpc) is 2.01. The van der Waals surface area contributed by atoms with Crippen molar-refractivity contribution in [3.63, 3.8) is 0 Å². The van der Waals surface area contributed by atoms with Crippen molar-refractivity contribution in [3.8, 4) is 0 Å². The van der Waals surface area contributed by atoms with Crippen LogP contribution in [0, 0.1) is 0 Å². The first-order chi connectivity index (χ1) is 6.21. The van der Waals surface area contributed by atoms with Crippen molar-refractivity contribution in [2.45, 2.75) is 32.0 Å². The van der Waals surface area contributed by atoms with E-state index in [1.165, 1.54) is 12.3 Å². The molecule has 0 fully saturated rings. The minimum absolute atomic E-state index is 0.0471. The molecule has 1 nitrogen and oxygen atoms in total. The maximum atomic E-state index is 12.8. The lowest BCUT2D eigenvalue weighted by Crippen LogP contribution is -2.17. The average molecular weight is 197 g/mol. The maximum absolute atomic E-state index is 12.8. The second kappa shape index (κ2) is 3.33. The van der Waals surface area contributed by atoms with Crippen molar-refractivity contribution in [2.75, 3.05) is 0 Å². The zero-order chi connectivity index (χ0) is 11.0. The largest absolute Gasteiger partial charge is 0.256 e. The van der Waals surface area contributed by atoms with Gasteiger partial charge < -0.3 is 0 Å². The molecule has 0 aliphatic heterocycles. The number of nitrogens with zero attached hydrogens (tertiary/aromatic N) is 1. The van der Waals surface area contributed by atoms with Gasteiger partial charge in [-0.1, -0.05) is 26.8 Å². The molecule has 0 radical (unpaired) electrons. The van der Waals surface area contributed by atoms with E-state index in [1.807, 2.05) is 20.8 Å². The van der Waals surface area contributed by atoms with Crippen LogP contribution in [0.2, 0.25) is 0 Å². The molecule has 0 bridgehead atoms. The number of hydrogen-bond donors (Lipinski definition) is 0. The van der Waals surface area contributed by atoms with E-state index in [9.17, 15) is 8.78 Å². The van der Waals surface area contributed by atoms with Crippen LogP contribution in [0.3, 0.4) is 0 Å². The molecule has 1 rings (SSSR count). The lowest BCUT2D eigenvalue weighted by molar-refractivity contribution is 0.0889. The third kappa shape index (κ3) is 2.53. The van der Waals surface area contributed by atoms with Gasteiger partial charge in [-0.3, -0.25) is 4.98 Å². The summed E-state index contributed by atoms with van der Waals surface area (Å²) in [4.78, 5) is 3.77. The fourth-order valence-corrected chi connectivity index (χ4v) is 1.10. The molecule has 0 aliphatic carbocycles. The normalized spacial score (nSPS) is 12.9. The molecular formula is C10H14BF2N. The van der Waals surface area contributed by atoms with Crippen LogP contribution in [0.15, 0.2) is 18.3 Å². The van der Waals surface area contributed by atoms with Crippen LogP contribution in [0.5, 0.6) is 0 Å². The highest BCUT2D eigenvalue weighted by atomic mass is 19.3. The van der Waals surface area contributed by atoms with E-state index in [-0.39, 0.29) is 11.1 Å². The molecule has 0 spiro atoms. The topological polar surface area (TPSA) is 12.9 Å². The summed E-state index contributed by atoms with van der Waals surface area (Å²) in [6.07, 6.45) is 1.52. The molecule has 1 aromatic heterocycles. The Hall–Kier alpha value is -0.925. The molecule has 76 valence electrons. The number of halogens is 2. The highest BCUT2D eigenvalue weighted by Gasteiger charge is 2.26. The van der Waals surface area contributed by atoms with Gasteiger partial charge in [0.2, 0.25) is 13.7 Å². The molecule has 14 heavy (non-hydrogen) atoms. The molecule has 0 unspecified atom stereocenters. The highest BCUT2D eigenvalue weighted by molar-refractivity contribution is 6.13. The zero-order valence-electron chi connectivity index (χ0n) is 8.94. The van der Waals surface area contributed by atoms with Crippen LogP contribution in [0.1, 0.15) is 32.0 Å². The quantitative estimate of drug-likeness (QED) is 0.628. The Morgan fingerprint density at radius 2 is 1.79 bits per heavy atom. The van der Waals surface area contributed by atoms with Gasteiger partial charge in [-0.25, -0.2) is 8.78 Å². The van der Waals surface area contributed by atoms with Gasteiger partial charge in [0.1, 0.15) is 0 Å². The van der Waals surface area contributed by atoms with Gasteiger partial charge in [-0.05, 0) is 17.0 Å². The van der Waals surface area contributed by atoms with Gasteiger partial charge in [0.15, 0.2) is 0 Å². The Kier molecular flexibility index (Phi) is 2.66. The first kappa shape index (κ1) is 11.2. The molecule has 0 N–H and O–H groups in total. The van der Waals surface area contributed by atoms with E-state index < -0.39 is 5.82 Å². The summed E-state index contributed by atoms with van der Waals surface area (Å²) in [5, 5.41) is 0. The molecule has 1 aromatic rings. The van der Waals surface area contributed by atoms with Gasteiger partial charge in [0, 0.05) is 6.20 Å². The van der Waals surface area contributed by atoms with Crippen molar-refractivity contribution in [1.82, 2.24) is 4.98 Å². The first-order valence-electron chi connectivity index (χ1n) is 4.56. The molecule has 0 saturated carbocycles. The first-order valence-corrected chi connectivity index (χ1v) is 4.56. The van der Waals surface area contributed by atoms with Crippen LogP contribution >= 0.6 is 0 Å². The summed E-state index contributed by atoms with van der Waals surface area (Å²) in [5.41, 5.74) is 0.741. The van der Waals surface area contributed by atoms with Crippen molar-refractivity contribution in [1.29, 1.82) is 0 Å². The van der Waals surface area contributed by atoms with Crippen LogP contribution in [0.4, 0.5) is 8.78 Å². The van der Waals surface area contributed by atoms with E-state index in [0.717, 1.165) is 13.4 Å². The lowest BCUT2D eigenvalue weighted by Gasteiger charge is -2.19. The van der Waals surface area contributed by atoms with Gasteiger partial charge in [0.05, 0.1) is 5.69 Å². The highest BCUT2D eigenvalue weighted by Crippen LogP contribution is 2.25. The predicted octanol–water partition coefficient (Wildman–Crippen LogP) is 2.06. The van der Waals surface area contributed by atoms with Crippen molar-refractivity contribution in [2.24, 2.45) is 0 Å². The number of pyridine rings is 1. The minimum Gasteiger partial charge on any atom is -0.256 e. The van der Waals surface area contributed by atoms with Gasteiger partial charge in [-0.2, -0.15) is 0 Å². The molecule has 4 heteroatoms. The van der Waals surface area contributed by atoms with E-state index >= 15 is 0 Å². The van der Waals surface area contributed by atoms with E-state index in [2.05, 4.69) is 4.98 Å². The lowest BCUT2D eigenvalue weighted by atomic mass is 9.87. The molecule has 0 saturated heterocycles. The van der Waals surface area contributed by atoms with E-state index in [0.29, 0.717) is 0 Å². The maximum Gasteiger partial charge on any atom is 0.247 e. The summed E-state index contributed by atoms with van der Waals surface area (Å²) >= 11 is 0. The molecular weight excluding hydrogens is 183 g/mol. The van der Waals surface area contributed by atoms with Crippen LogP contribution in [0.25, 0.3) is 0 Å². The second-order valence-electron chi connectivity index (χ2n) is 4.57. The Morgan fingerprint density at radius 3 is 2.07 bits per heavy atom. The smallest absolute Gasteiger partial charge is 0.247 e. The molecule has 0 aliphatic rings. The standard InChI is InChI=1S/C10H14BF2N/c1-9(2,3)7-4-5-8(14-6-7)10(11,12)13/h4-6H,11H2,1-3H3. The van der Waals surface area contributed by atoms with Gasteiger partial charge >= 0.3 is 0 Å². The summed E-state index contributed by atoms with van der Waals surface area (Å²) in [7, 11) is 0.853. The zero-order valence-corrected chi connectivity index (χ0v) is 8.94. The monoisotopic (exact) mass is 197 g/mol. The van der Waals surface area contributed by atoms with Crippen molar-refractivity contribution >= 4 is 7.85 Å². The predicted molar refractivity (Wildman–Crippen MR) is 55.4 cm³/mol. The van der Waals surface area contributed by atoms with Crippen molar-refractivity contribution in [3.05, 3.63) is 29.6 Å². The molecule has 1 heterocycles. The summed E-state index contributed by atoms with van der Waals surface area (Å²) in [5.74, 6) is -2.85. The Bertz CT molecular complexity index is 275. The molecule has 0 aromatic carbocycles. The third-order valence-electron chi connectivity index (χ3n) is 2.08. The number of alkyl halides is 2. The molecule has 0 amide bonds. The number of aromatic nitrogens is 1. The fraction of sp³-hybridized carbons (Fsp3) is 0.500. The van der Waals surface area contributed by atoms with E-state index in [4.69, 9.17) is 0 Å². The minimum atomic E-state index is -2.85. The van der Waals surface area contributed by atoms with Gasteiger partial charge in [0.25, 0.3) is 0 Å². The summed E-state index contributed by atoms with van der Waals surface area (Å²) in [6.45, 7) is 6.06. The van der Waals surface area contributed by atoms with Crippen LogP contribution < -0.4 is 0 Å². The Labute approximate surface area is 84.0 Å². The van der Waals surface area contributed by atoms with Crippen LogP contribution in [-0.2, 0) is 11.2 Å². The fourth-order valence-electron chi connectivity index (χ4n) is 1.10. The Morgan fingerprint density at radius 1 is 1.21 bits per heavy atom. The van der Waals surface area contributed by atoms with Gasteiger partial charge in [-0.15, -0.1) is 0 Å². The molecule has 0 atom stereocenters. The number of hydrogen-bond acceptors (Lipinski definition) is 1. The summed E-state index contributed by atoms with van der Waals surface area (Å²) < 4.78 is 25.6. The van der Waals surface area contributed by atoms with E-state index in [1.54, 1.807) is 6.07 Å². The Balaban J connectivity index is 3.02. The SMILES string of the molecule is BC(F)(F)c1ccc(C(C)(C)C)cn1. The van der Waals surface area contributed by atoms with Crippen molar-refractivity contribution < 1.29 is 8.78 Å². The second-order valence-corrected chi connectivity index (χ2v) is 4.57. The summed E-state index contributed by atoms with van der Waals surface area (Å²) in [6, 6.07) is 3.10. The number of rotatable bonds is 1. The van der Waals surface area contributed by atoms with Crippen LogP contribution in [-0.4, -0.2) is 12.8 Å². The third-order valence-corrected chi connectivity index (χ3v) is 2.08.